The monoisotopic (exact) mass is 282 g/mol. The number of aromatic carboxylic acids is 1. The van der Waals surface area contributed by atoms with Crippen LogP contribution in [-0.2, 0) is 0 Å². The molecule has 0 bridgehead atoms. The van der Waals surface area contributed by atoms with Crippen molar-refractivity contribution in [2.75, 3.05) is 5.32 Å². The highest BCUT2D eigenvalue weighted by atomic mass is 16.4. The van der Waals surface area contributed by atoms with Gasteiger partial charge in [-0.15, -0.1) is 0 Å². The van der Waals surface area contributed by atoms with Crippen LogP contribution >= 0.6 is 0 Å². The quantitative estimate of drug-likeness (QED) is 0.680. The molecular weight excluding hydrogens is 272 g/mol. The first-order valence-electron chi connectivity index (χ1n) is 6.08. The standard InChI is InChI=1S/C14H10N4O3/c19-13(12-9(14(20)21)4-2-6-15-12)17-10-5-1-3-8-7-16-18-11(8)10/h1-7H,(H,16,18)(H,17,19)(H,20,21). The molecule has 0 aliphatic rings. The number of benzene rings is 1. The van der Waals surface area contributed by atoms with Gasteiger partial charge in [-0.2, -0.15) is 5.10 Å². The van der Waals surface area contributed by atoms with Gasteiger partial charge in [0.1, 0.15) is 5.69 Å². The minimum absolute atomic E-state index is 0.137. The van der Waals surface area contributed by atoms with Gasteiger partial charge in [0.2, 0.25) is 0 Å². The number of carbonyl (C=O) groups is 2. The highest BCUT2D eigenvalue weighted by molar-refractivity contribution is 6.11. The number of nitrogens with zero attached hydrogens (tertiary/aromatic N) is 2. The molecule has 0 fully saturated rings. The number of aromatic nitrogens is 3. The van der Waals surface area contributed by atoms with Gasteiger partial charge < -0.3 is 10.4 Å². The molecule has 7 nitrogen and oxygen atoms in total. The van der Waals surface area contributed by atoms with Crippen molar-refractivity contribution in [3.63, 3.8) is 0 Å². The van der Waals surface area contributed by atoms with Gasteiger partial charge in [0, 0.05) is 11.6 Å². The number of rotatable bonds is 3. The van der Waals surface area contributed by atoms with Crippen LogP contribution in [0.3, 0.4) is 0 Å². The third-order valence-electron chi connectivity index (χ3n) is 2.98. The van der Waals surface area contributed by atoms with E-state index in [1.807, 2.05) is 6.07 Å². The molecule has 3 aromatic rings. The van der Waals surface area contributed by atoms with Gasteiger partial charge in [-0.1, -0.05) is 12.1 Å². The highest BCUT2D eigenvalue weighted by Crippen LogP contribution is 2.21. The molecule has 21 heavy (non-hydrogen) atoms. The lowest BCUT2D eigenvalue weighted by Crippen LogP contribution is -2.18. The van der Waals surface area contributed by atoms with Crippen molar-refractivity contribution in [3.8, 4) is 0 Å². The number of carbonyl (C=O) groups excluding carboxylic acids is 1. The van der Waals surface area contributed by atoms with Crippen LogP contribution in [0.1, 0.15) is 20.8 Å². The van der Waals surface area contributed by atoms with Crippen LogP contribution in [0.25, 0.3) is 10.9 Å². The maximum atomic E-state index is 12.2. The average molecular weight is 282 g/mol. The van der Waals surface area contributed by atoms with Crippen LogP contribution in [0.4, 0.5) is 5.69 Å². The van der Waals surface area contributed by atoms with Crippen molar-refractivity contribution >= 4 is 28.5 Å². The molecule has 1 aromatic carbocycles. The number of H-pyrrole nitrogens is 1. The molecule has 0 unspecified atom stereocenters. The molecule has 0 aliphatic carbocycles. The third kappa shape index (κ3) is 2.32. The van der Waals surface area contributed by atoms with Gasteiger partial charge in [0.25, 0.3) is 5.91 Å². The largest absolute Gasteiger partial charge is 0.478 e. The van der Waals surface area contributed by atoms with Crippen LogP contribution < -0.4 is 5.32 Å². The lowest BCUT2D eigenvalue weighted by molar-refractivity contribution is 0.0691. The summed E-state index contributed by atoms with van der Waals surface area (Å²) in [4.78, 5) is 27.2. The van der Waals surface area contributed by atoms with E-state index in [-0.39, 0.29) is 11.3 Å². The van der Waals surface area contributed by atoms with E-state index in [0.29, 0.717) is 11.2 Å². The van der Waals surface area contributed by atoms with Crippen LogP contribution in [0.15, 0.2) is 42.7 Å². The molecule has 0 radical (unpaired) electrons. The molecule has 104 valence electrons. The summed E-state index contributed by atoms with van der Waals surface area (Å²) in [6.45, 7) is 0. The summed E-state index contributed by atoms with van der Waals surface area (Å²) in [7, 11) is 0. The van der Waals surface area contributed by atoms with Gasteiger partial charge in [-0.25, -0.2) is 4.79 Å². The minimum Gasteiger partial charge on any atom is -0.478 e. The fourth-order valence-electron chi connectivity index (χ4n) is 2.01. The fourth-order valence-corrected chi connectivity index (χ4v) is 2.01. The molecule has 7 heteroatoms. The zero-order valence-corrected chi connectivity index (χ0v) is 10.7. The van der Waals surface area contributed by atoms with E-state index in [1.165, 1.54) is 18.3 Å². The molecule has 0 saturated carbocycles. The van der Waals surface area contributed by atoms with Crippen molar-refractivity contribution in [2.24, 2.45) is 0 Å². The summed E-state index contributed by atoms with van der Waals surface area (Å²) in [5.41, 5.74) is 0.893. The fraction of sp³-hybridized carbons (Fsp3) is 0. The van der Waals surface area contributed by atoms with E-state index in [2.05, 4.69) is 20.5 Å². The molecule has 3 rings (SSSR count). The van der Waals surface area contributed by atoms with Crippen LogP contribution in [0.2, 0.25) is 0 Å². The van der Waals surface area contributed by atoms with E-state index in [9.17, 15) is 9.59 Å². The first kappa shape index (κ1) is 12.8. The second kappa shape index (κ2) is 5.04. The normalized spacial score (nSPS) is 10.5. The lowest BCUT2D eigenvalue weighted by atomic mass is 10.1. The third-order valence-corrected chi connectivity index (χ3v) is 2.98. The van der Waals surface area contributed by atoms with E-state index in [4.69, 9.17) is 5.11 Å². The first-order chi connectivity index (χ1) is 10.2. The Kier molecular flexibility index (Phi) is 3.07. The molecule has 0 atom stereocenters. The number of anilines is 1. The predicted molar refractivity (Wildman–Crippen MR) is 75.2 cm³/mol. The topological polar surface area (TPSA) is 108 Å². The zero-order valence-electron chi connectivity index (χ0n) is 10.7. The van der Waals surface area contributed by atoms with Gasteiger partial charge in [0.15, 0.2) is 0 Å². The Hall–Kier alpha value is -3.22. The summed E-state index contributed by atoms with van der Waals surface area (Å²) >= 11 is 0. The molecular formula is C14H10N4O3. The van der Waals surface area contributed by atoms with Gasteiger partial charge in [-0.3, -0.25) is 14.9 Å². The Balaban J connectivity index is 1.97. The minimum atomic E-state index is -1.20. The number of hydrogen-bond donors (Lipinski definition) is 3. The molecule has 0 saturated heterocycles. The van der Waals surface area contributed by atoms with Crippen molar-refractivity contribution in [1.82, 2.24) is 15.2 Å². The van der Waals surface area contributed by atoms with E-state index in [1.54, 1.807) is 18.3 Å². The molecule has 0 aliphatic heterocycles. The Labute approximate surface area is 118 Å². The first-order valence-corrected chi connectivity index (χ1v) is 6.08. The average Bonchev–Trinajstić information content (AvgIpc) is 2.96. The van der Waals surface area contributed by atoms with Crippen molar-refractivity contribution in [1.29, 1.82) is 0 Å². The zero-order chi connectivity index (χ0) is 14.8. The number of nitrogens with one attached hydrogen (secondary N) is 2. The number of amides is 1. The maximum Gasteiger partial charge on any atom is 0.338 e. The number of aromatic amines is 1. The Bertz CT molecular complexity index is 841. The molecule has 2 aromatic heterocycles. The van der Waals surface area contributed by atoms with Crippen molar-refractivity contribution in [2.45, 2.75) is 0 Å². The summed E-state index contributed by atoms with van der Waals surface area (Å²) in [6.07, 6.45) is 3.01. The maximum absolute atomic E-state index is 12.2. The number of pyridine rings is 1. The van der Waals surface area contributed by atoms with Gasteiger partial charge in [-0.05, 0) is 18.2 Å². The Morgan fingerprint density at radius 3 is 2.86 bits per heavy atom. The Morgan fingerprint density at radius 1 is 1.19 bits per heavy atom. The SMILES string of the molecule is O=C(O)c1cccnc1C(=O)Nc1cccc2cn[nH]c12. The summed E-state index contributed by atoms with van der Waals surface area (Å²) in [6, 6.07) is 8.11. The summed E-state index contributed by atoms with van der Waals surface area (Å²) in [5.74, 6) is -1.79. The smallest absolute Gasteiger partial charge is 0.338 e. The van der Waals surface area contributed by atoms with Crippen molar-refractivity contribution in [3.05, 3.63) is 54.0 Å². The number of fused-ring (bicyclic) bond motifs is 1. The second-order valence-corrected chi connectivity index (χ2v) is 4.30. The summed E-state index contributed by atoms with van der Waals surface area (Å²) < 4.78 is 0. The van der Waals surface area contributed by atoms with E-state index >= 15 is 0 Å². The Morgan fingerprint density at radius 2 is 2.05 bits per heavy atom. The van der Waals surface area contributed by atoms with Gasteiger partial charge >= 0.3 is 5.97 Å². The van der Waals surface area contributed by atoms with E-state index < -0.39 is 11.9 Å². The predicted octanol–water partition coefficient (Wildman–Crippen LogP) is 1.91. The lowest BCUT2D eigenvalue weighted by Gasteiger charge is -2.07. The summed E-state index contributed by atoms with van der Waals surface area (Å²) in [5, 5.41) is 19.3. The van der Waals surface area contributed by atoms with Crippen molar-refractivity contribution < 1.29 is 14.7 Å². The molecule has 0 spiro atoms. The van der Waals surface area contributed by atoms with Crippen LogP contribution in [0.5, 0.6) is 0 Å². The highest BCUT2D eigenvalue weighted by Gasteiger charge is 2.18. The van der Waals surface area contributed by atoms with Crippen LogP contribution in [-0.4, -0.2) is 32.2 Å². The number of carboxylic acid groups (broad SMARTS) is 1. The van der Waals surface area contributed by atoms with Crippen LogP contribution in [0, 0.1) is 0 Å². The molecule has 1 amide bonds. The van der Waals surface area contributed by atoms with E-state index in [0.717, 1.165) is 5.39 Å². The molecule has 3 N–H and O–H groups in total. The molecule has 2 heterocycles. The number of hydrogen-bond acceptors (Lipinski definition) is 4. The second-order valence-electron chi connectivity index (χ2n) is 4.30. The van der Waals surface area contributed by atoms with Gasteiger partial charge in [0.05, 0.1) is 23.0 Å². The number of carboxylic acids is 1. The number of para-hydroxylation sites is 1.